The van der Waals surface area contributed by atoms with Gasteiger partial charge in [-0.2, -0.15) is 0 Å². The number of nitrogens with one attached hydrogen (secondary N) is 1. The van der Waals surface area contributed by atoms with Crippen LogP contribution in [0.3, 0.4) is 0 Å². The molecule has 3 rings (SSSR count). The lowest BCUT2D eigenvalue weighted by atomic mass is 9.98. The first kappa shape index (κ1) is 44.7. The van der Waals surface area contributed by atoms with Crippen molar-refractivity contribution in [3.8, 4) is 11.1 Å². The van der Waals surface area contributed by atoms with Crippen LogP contribution in [0.5, 0.6) is 0 Å². The highest BCUT2D eigenvalue weighted by atomic mass is 16.6. The summed E-state index contributed by atoms with van der Waals surface area (Å²) < 4.78 is 65.5. The summed E-state index contributed by atoms with van der Waals surface area (Å²) in [5.41, 5.74) is 4.77. The van der Waals surface area contributed by atoms with Crippen LogP contribution >= 0.6 is 0 Å². The largest absolute Gasteiger partial charge is 0.449 e. The smallest absolute Gasteiger partial charge is 0.407 e. The zero-order chi connectivity index (χ0) is 37.3. The van der Waals surface area contributed by atoms with Crippen LogP contribution in [0.25, 0.3) is 11.1 Å². The molecule has 1 N–H and O–H groups in total. The molecule has 53 heavy (non-hydrogen) atoms. The van der Waals surface area contributed by atoms with Gasteiger partial charge in [-0.25, -0.2) is 4.79 Å². The Morgan fingerprint density at radius 3 is 1.09 bits per heavy atom. The highest BCUT2D eigenvalue weighted by Gasteiger charge is 2.28. The van der Waals surface area contributed by atoms with E-state index >= 15 is 0 Å². The van der Waals surface area contributed by atoms with E-state index in [2.05, 4.69) is 29.6 Å². The summed E-state index contributed by atoms with van der Waals surface area (Å²) in [6.45, 7) is 13.8. The van der Waals surface area contributed by atoms with Gasteiger partial charge in [0.05, 0.1) is 139 Å². The van der Waals surface area contributed by atoms with E-state index in [1.807, 2.05) is 31.2 Å². The molecule has 0 spiro atoms. The average Bonchev–Trinajstić information content (AvgIpc) is 3.50. The van der Waals surface area contributed by atoms with Crippen molar-refractivity contribution in [3.63, 3.8) is 0 Å². The van der Waals surface area contributed by atoms with E-state index in [-0.39, 0.29) is 12.5 Å². The number of hydrogen-bond acceptors (Lipinski definition) is 13. The zero-order valence-corrected chi connectivity index (χ0v) is 31.5. The Hall–Kier alpha value is -2.73. The van der Waals surface area contributed by atoms with Crippen LogP contribution in [0.2, 0.25) is 0 Å². The Morgan fingerprint density at radius 1 is 0.453 bits per heavy atom. The van der Waals surface area contributed by atoms with E-state index < -0.39 is 6.09 Å². The molecule has 0 saturated carbocycles. The van der Waals surface area contributed by atoms with E-state index in [1.165, 1.54) is 22.3 Å². The fourth-order valence-corrected chi connectivity index (χ4v) is 5.22. The Morgan fingerprint density at radius 2 is 0.755 bits per heavy atom. The minimum Gasteiger partial charge on any atom is -0.449 e. The summed E-state index contributed by atoms with van der Waals surface area (Å²) in [6.07, 6.45) is -0.452. The average molecular weight is 752 g/mol. The summed E-state index contributed by atoms with van der Waals surface area (Å²) in [4.78, 5) is 12.2. The molecule has 14 nitrogen and oxygen atoms in total. The maximum atomic E-state index is 12.2. The van der Waals surface area contributed by atoms with Crippen molar-refractivity contribution >= 4 is 6.09 Å². The predicted octanol–water partition coefficient (Wildman–Crippen LogP) is 3.73. The van der Waals surface area contributed by atoms with E-state index in [0.29, 0.717) is 152 Å². The highest BCUT2D eigenvalue weighted by Crippen LogP contribution is 2.44. The minimum absolute atomic E-state index is 0.0375. The van der Waals surface area contributed by atoms with Crippen LogP contribution in [-0.2, 0) is 56.8 Å². The Labute approximate surface area is 314 Å². The van der Waals surface area contributed by atoms with Gasteiger partial charge in [0.1, 0.15) is 6.61 Å². The molecule has 1 aliphatic rings. The van der Waals surface area contributed by atoms with E-state index in [0.717, 1.165) is 0 Å². The molecule has 1 amide bonds. The van der Waals surface area contributed by atoms with Crippen molar-refractivity contribution in [2.75, 3.05) is 159 Å². The van der Waals surface area contributed by atoms with Crippen molar-refractivity contribution in [2.45, 2.75) is 12.8 Å². The first-order valence-electron chi connectivity index (χ1n) is 18.7. The standard InChI is InChI=1S/C39H61NO13/c1-2-42-13-14-44-17-18-46-21-22-48-25-26-50-29-30-52-32-31-51-28-27-49-24-23-47-20-19-45-16-15-43-12-11-40-39(41)53-33-38-36-9-5-3-7-34(36)35-8-4-6-10-37(35)38/h3-10,38H,2,11-33H2,1H3,(H,40,41). The van der Waals surface area contributed by atoms with Crippen LogP contribution in [0.15, 0.2) is 48.5 Å². The van der Waals surface area contributed by atoms with Gasteiger partial charge in [0.2, 0.25) is 0 Å². The Kier molecular flexibility index (Phi) is 26.6. The summed E-state index contributed by atoms with van der Waals surface area (Å²) in [5, 5.41) is 2.74. The molecule has 14 heteroatoms. The quantitative estimate of drug-likeness (QED) is 0.101. The van der Waals surface area contributed by atoms with Crippen LogP contribution in [0.4, 0.5) is 4.79 Å². The molecule has 0 heterocycles. The van der Waals surface area contributed by atoms with Crippen molar-refractivity contribution in [1.29, 1.82) is 0 Å². The molecule has 2 aromatic rings. The number of alkyl carbamates (subject to hydrolysis) is 1. The van der Waals surface area contributed by atoms with Gasteiger partial charge in [-0.1, -0.05) is 48.5 Å². The van der Waals surface area contributed by atoms with Gasteiger partial charge in [0.25, 0.3) is 0 Å². The molecular weight excluding hydrogens is 690 g/mol. The first-order valence-corrected chi connectivity index (χ1v) is 18.7. The SMILES string of the molecule is CCOCCOCCOCCOCCOCCOCCOCCOCCOCCOCCOCCNC(=O)OCC1c2ccccc2-c2ccccc21. The van der Waals surface area contributed by atoms with Crippen molar-refractivity contribution in [2.24, 2.45) is 0 Å². The molecule has 300 valence electrons. The summed E-state index contributed by atoms with van der Waals surface area (Å²) in [5.74, 6) is 0.0375. The zero-order valence-electron chi connectivity index (χ0n) is 31.5. The molecule has 0 unspecified atom stereocenters. The number of fused-ring (bicyclic) bond motifs is 3. The van der Waals surface area contributed by atoms with Gasteiger partial charge in [0, 0.05) is 19.1 Å². The lowest BCUT2D eigenvalue weighted by Crippen LogP contribution is -2.29. The second-order valence-electron chi connectivity index (χ2n) is 11.6. The maximum absolute atomic E-state index is 12.2. The molecule has 0 radical (unpaired) electrons. The van der Waals surface area contributed by atoms with E-state index in [4.69, 9.17) is 56.8 Å². The summed E-state index contributed by atoms with van der Waals surface area (Å²) in [6, 6.07) is 16.5. The molecule has 0 aliphatic heterocycles. The van der Waals surface area contributed by atoms with Gasteiger partial charge in [-0.15, -0.1) is 0 Å². The fraction of sp³-hybridized carbons (Fsp3) is 0.667. The molecule has 0 atom stereocenters. The van der Waals surface area contributed by atoms with Crippen LogP contribution in [-0.4, -0.2) is 165 Å². The number of ether oxygens (including phenoxy) is 12. The third-order valence-electron chi connectivity index (χ3n) is 7.78. The molecule has 0 bridgehead atoms. The van der Waals surface area contributed by atoms with Gasteiger partial charge in [0.15, 0.2) is 0 Å². The second-order valence-corrected chi connectivity index (χ2v) is 11.6. The number of carbonyl (C=O) groups excluding carboxylic acids is 1. The maximum Gasteiger partial charge on any atom is 0.407 e. The van der Waals surface area contributed by atoms with Crippen molar-refractivity contribution < 1.29 is 61.6 Å². The Bertz CT molecular complexity index is 1130. The van der Waals surface area contributed by atoms with E-state index in [9.17, 15) is 4.79 Å². The number of rotatable bonds is 36. The third-order valence-corrected chi connectivity index (χ3v) is 7.78. The van der Waals surface area contributed by atoms with Crippen LogP contribution in [0, 0.1) is 0 Å². The minimum atomic E-state index is -0.452. The summed E-state index contributed by atoms with van der Waals surface area (Å²) in [7, 11) is 0. The molecule has 0 fully saturated rings. The second kappa shape index (κ2) is 31.6. The fourth-order valence-electron chi connectivity index (χ4n) is 5.22. The Balaban J connectivity index is 0.952. The van der Waals surface area contributed by atoms with Crippen molar-refractivity contribution in [3.05, 3.63) is 59.7 Å². The molecule has 0 saturated heterocycles. The van der Waals surface area contributed by atoms with Gasteiger partial charge in [-0.3, -0.25) is 0 Å². The first-order chi connectivity index (χ1) is 26.3. The highest BCUT2D eigenvalue weighted by molar-refractivity contribution is 5.79. The van der Waals surface area contributed by atoms with Crippen molar-refractivity contribution in [1.82, 2.24) is 5.32 Å². The number of hydrogen-bond donors (Lipinski definition) is 1. The van der Waals surface area contributed by atoms with E-state index in [1.54, 1.807) is 0 Å². The van der Waals surface area contributed by atoms with Gasteiger partial charge >= 0.3 is 6.09 Å². The molecule has 2 aromatic carbocycles. The molecule has 1 aliphatic carbocycles. The molecule has 0 aromatic heterocycles. The lowest BCUT2D eigenvalue weighted by molar-refractivity contribution is -0.0273. The monoisotopic (exact) mass is 751 g/mol. The lowest BCUT2D eigenvalue weighted by Gasteiger charge is -2.14. The van der Waals surface area contributed by atoms with Crippen LogP contribution < -0.4 is 5.32 Å². The predicted molar refractivity (Wildman–Crippen MR) is 198 cm³/mol. The number of benzene rings is 2. The topological polar surface area (TPSA) is 140 Å². The normalized spacial score (nSPS) is 12.2. The van der Waals surface area contributed by atoms with Crippen LogP contribution in [0.1, 0.15) is 24.0 Å². The van der Waals surface area contributed by atoms with Gasteiger partial charge < -0.3 is 62.2 Å². The third kappa shape index (κ3) is 21.1. The number of carbonyl (C=O) groups is 1. The molecular formula is C39H61NO13. The summed E-state index contributed by atoms with van der Waals surface area (Å²) >= 11 is 0. The number of amides is 1. The van der Waals surface area contributed by atoms with Gasteiger partial charge in [-0.05, 0) is 29.2 Å².